The molecule has 0 radical (unpaired) electrons. The number of hydrogen-bond acceptors (Lipinski definition) is 3. The van der Waals surface area contributed by atoms with Gasteiger partial charge in [0, 0.05) is 23.0 Å². The van der Waals surface area contributed by atoms with Gasteiger partial charge in [-0.25, -0.2) is 0 Å². The third-order valence-electron chi connectivity index (χ3n) is 5.23. The molecule has 0 saturated heterocycles. The number of ketones is 1. The van der Waals surface area contributed by atoms with Crippen LogP contribution in [0.4, 0.5) is 0 Å². The highest BCUT2D eigenvalue weighted by atomic mass is 16.5. The van der Waals surface area contributed by atoms with Gasteiger partial charge in [0.05, 0.1) is 6.61 Å². The Hall–Kier alpha value is -2.23. The maximum Gasteiger partial charge on any atom is 0.202 e. The Kier molecular flexibility index (Phi) is 6.02. The zero-order valence-corrected chi connectivity index (χ0v) is 16.1. The van der Waals surface area contributed by atoms with Crippen molar-refractivity contribution < 1.29 is 14.3 Å². The van der Waals surface area contributed by atoms with E-state index in [4.69, 9.17) is 9.47 Å². The first-order chi connectivity index (χ1) is 12.6. The van der Waals surface area contributed by atoms with E-state index in [1.54, 1.807) is 0 Å². The van der Waals surface area contributed by atoms with E-state index in [1.807, 2.05) is 37.3 Å². The SMILES string of the molecule is CCOc1ccc(OCC(=O)c2cc(C)n(C3CCCCC3)c2C)cc1. The second-order valence-electron chi connectivity index (χ2n) is 7.06. The van der Waals surface area contributed by atoms with E-state index in [0.29, 0.717) is 18.4 Å². The molecule has 0 amide bonds. The molecule has 0 unspecified atom stereocenters. The summed E-state index contributed by atoms with van der Waals surface area (Å²) in [7, 11) is 0. The lowest BCUT2D eigenvalue weighted by atomic mass is 9.95. The van der Waals surface area contributed by atoms with Crippen molar-refractivity contribution in [3.8, 4) is 11.5 Å². The molecule has 0 aliphatic heterocycles. The fourth-order valence-electron chi connectivity index (χ4n) is 3.99. The normalized spacial score (nSPS) is 15.0. The van der Waals surface area contributed by atoms with Gasteiger partial charge in [0.2, 0.25) is 5.78 Å². The first kappa shape index (κ1) is 18.6. The van der Waals surface area contributed by atoms with Gasteiger partial charge in [-0.05, 0) is 63.9 Å². The average molecular weight is 355 g/mol. The Morgan fingerprint density at radius 2 is 1.65 bits per heavy atom. The van der Waals surface area contributed by atoms with Gasteiger partial charge in [-0.2, -0.15) is 0 Å². The molecule has 1 aromatic heterocycles. The van der Waals surface area contributed by atoms with Crippen molar-refractivity contribution in [3.63, 3.8) is 0 Å². The predicted molar refractivity (Wildman–Crippen MR) is 103 cm³/mol. The Morgan fingerprint density at radius 3 is 2.27 bits per heavy atom. The van der Waals surface area contributed by atoms with Crippen LogP contribution in [0.15, 0.2) is 30.3 Å². The van der Waals surface area contributed by atoms with Crippen molar-refractivity contribution in [2.24, 2.45) is 0 Å². The fraction of sp³-hybridized carbons (Fsp3) is 0.500. The van der Waals surface area contributed by atoms with Gasteiger partial charge < -0.3 is 14.0 Å². The fourth-order valence-corrected chi connectivity index (χ4v) is 3.99. The molecule has 4 nitrogen and oxygen atoms in total. The Bertz CT molecular complexity index is 739. The summed E-state index contributed by atoms with van der Waals surface area (Å²) in [6, 6.07) is 9.95. The summed E-state index contributed by atoms with van der Waals surface area (Å²) >= 11 is 0. The van der Waals surface area contributed by atoms with Crippen LogP contribution in [0.1, 0.15) is 66.8 Å². The summed E-state index contributed by atoms with van der Waals surface area (Å²) < 4.78 is 13.5. The molecular formula is C22H29NO3. The monoisotopic (exact) mass is 355 g/mol. The first-order valence-corrected chi connectivity index (χ1v) is 9.67. The molecule has 1 fully saturated rings. The Balaban J connectivity index is 1.66. The molecule has 26 heavy (non-hydrogen) atoms. The molecule has 0 bridgehead atoms. The molecular weight excluding hydrogens is 326 g/mol. The number of aryl methyl sites for hydroxylation is 1. The highest BCUT2D eigenvalue weighted by Gasteiger charge is 2.22. The minimum absolute atomic E-state index is 0.0362. The minimum atomic E-state index is 0.0362. The molecule has 1 heterocycles. The van der Waals surface area contributed by atoms with Crippen LogP contribution in [0, 0.1) is 13.8 Å². The zero-order valence-electron chi connectivity index (χ0n) is 16.1. The van der Waals surface area contributed by atoms with E-state index >= 15 is 0 Å². The molecule has 0 spiro atoms. The molecule has 1 saturated carbocycles. The summed E-state index contributed by atoms with van der Waals surface area (Å²) in [4.78, 5) is 12.7. The molecule has 2 aromatic rings. The number of hydrogen-bond donors (Lipinski definition) is 0. The van der Waals surface area contributed by atoms with Gasteiger partial charge >= 0.3 is 0 Å². The lowest BCUT2D eigenvalue weighted by molar-refractivity contribution is 0.0920. The summed E-state index contributed by atoms with van der Waals surface area (Å²) in [5.41, 5.74) is 3.05. The van der Waals surface area contributed by atoms with E-state index in [-0.39, 0.29) is 12.4 Å². The quantitative estimate of drug-likeness (QED) is 0.635. The Morgan fingerprint density at radius 1 is 1.04 bits per heavy atom. The van der Waals surface area contributed by atoms with E-state index in [1.165, 1.54) is 37.8 Å². The number of benzene rings is 1. The second-order valence-corrected chi connectivity index (χ2v) is 7.06. The summed E-state index contributed by atoms with van der Waals surface area (Å²) in [6.07, 6.45) is 6.33. The lowest BCUT2D eigenvalue weighted by Crippen LogP contribution is -2.17. The van der Waals surface area contributed by atoms with Crippen molar-refractivity contribution in [1.82, 2.24) is 4.57 Å². The van der Waals surface area contributed by atoms with Gasteiger partial charge in [0.1, 0.15) is 11.5 Å². The van der Waals surface area contributed by atoms with Crippen molar-refractivity contribution >= 4 is 5.78 Å². The number of nitrogens with zero attached hydrogens (tertiary/aromatic N) is 1. The molecule has 1 aliphatic rings. The van der Waals surface area contributed by atoms with E-state index < -0.39 is 0 Å². The summed E-state index contributed by atoms with van der Waals surface area (Å²) in [5, 5.41) is 0. The van der Waals surface area contributed by atoms with Gasteiger partial charge in [0.25, 0.3) is 0 Å². The molecule has 4 heteroatoms. The van der Waals surface area contributed by atoms with Gasteiger partial charge in [-0.1, -0.05) is 19.3 Å². The maximum absolute atomic E-state index is 12.7. The molecule has 1 aromatic carbocycles. The predicted octanol–water partition coefficient (Wildman–Crippen LogP) is 5.27. The molecule has 0 atom stereocenters. The zero-order chi connectivity index (χ0) is 18.5. The number of rotatable bonds is 7. The van der Waals surface area contributed by atoms with Crippen LogP contribution >= 0.6 is 0 Å². The Labute approximate surface area is 156 Å². The largest absolute Gasteiger partial charge is 0.494 e. The van der Waals surface area contributed by atoms with Crippen molar-refractivity contribution in [2.75, 3.05) is 13.2 Å². The summed E-state index contributed by atoms with van der Waals surface area (Å²) in [5.74, 6) is 1.53. The van der Waals surface area contributed by atoms with Crippen molar-refractivity contribution in [1.29, 1.82) is 0 Å². The van der Waals surface area contributed by atoms with Crippen molar-refractivity contribution in [2.45, 2.75) is 58.9 Å². The van der Waals surface area contributed by atoms with Crippen LogP contribution in [0.3, 0.4) is 0 Å². The van der Waals surface area contributed by atoms with Gasteiger partial charge in [-0.3, -0.25) is 4.79 Å². The van der Waals surface area contributed by atoms with E-state index in [0.717, 1.165) is 17.0 Å². The van der Waals surface area contributed by atoms with Crippen LogP contribution in [0.5, 0.6) is 11.5 Å². The maximum atomic E-state index is 12.7. The number of carbonyl (C=O) groups is 1. The average Bonchev–Trinajstić information content (AvgIpc) is 2.96. The van der Waals surface area contributed by atoms with Gasteiger partial charge in [-0.15, -0.1) is 0 Å². The van der Waals surface area contributed by atoms with Crippen molar-refractivity contribution in [3.05, 3.63) is 47.3 Å². The van der Waals surface area contributed by atoms with E-state index in [2.05, 4.69) is 18.4 Å². The minimum Gasteiger partial charge on any atom is -0.494 e. The summed E-state index contributed by atoms with van der Waals surface area (Å²) in [6.45, 7) is 6.81. The topological polar surface area (TPSA) is 40.5 Å². The second kappa shape index (κ2) is 8.43. The molecule has 0 N–H and O–H groups in total. The van der Waals surface area contributed by atoms with E-state index in [9.17, 15) is 4.79 Å². The number of ether oxygens (including phenoxy) is 2. The third kappa shape index (κ3) is 4.12. The number of carbonyl (C=O) groups excluding carboxylic acids is 1. The smallest absolute Gasteiger partial charge is 0.202 e. The number of aromatic nitrogens is 1. The highest BCUT2D eigenvalue weighted by molar-refractivity contribution is 5.98. The van der Waals surface area contributed by atoms with Crippen LogP contribution in [0.2, 0.25) is 0 Å². The van der Waals surface area contributed by atoms with Crippen LogP contribution in [-0.4, -0.2) is 23.6 Å². The van der Waals surface area contributed by atoms with Crippen LogP contribution in [-0.2, 0) is 0 Å². The molecule has 1 aliphatic carbocycles. The first-order valence-electron chi connectivity index (χ1n) is 9.67. The van der Waals surface area contributed by atoms with Crippen LogP contribution in [0.25, 0.3) is 0 Å². The van der Waals surface area contributed by atoms with Gasteiger partial charge in [0.15, 0.2) is 6.61 Å². The standard InChI is InChI=1S/C22H29NO3/c1-4-25-19-10-12-20(13-11-19)26-15-22(24)21-14-16(2)23(17(21)3)18-8-6-5-7-9-18/h10-14,18H,4-9,15H2,1-3H3. The molecule has 140 valence electrons. The highest BCUT2D eigenvalue weighted by Crippen LogP contribution is 2.32. The lowest BCUT2D eigenvalue weighted by Gasteiger charge is -2.26. The molecule has 3 rings (SSSR count). The number of Topliss-reactive ketones (excluding diaryl/α,β-unsaturated/α-hetero) is 1. The van der Waals surface area contributed by atoms with Crippen LogP contribution < -0.4 is 9.47 Å². The third-order valence-corrected chi connectivity index (χ3v) is 5.23.